The van der Waals surface area contributed by atoms with Crippen LogP contribution in [0.5, 0.6) is 0 Å². The van der Waals surface area contributed by atoms with E-state index in [1.165, 1.54) is 6.07 Å². The number of carbonyl (C=O) groups excluding carboxylic acids is 1. The van der Waals surface area contributed by atoms with E-state index >= 15 is 0 Å². The number of rotatable bonds is 4. The van der Waals surface area contributed by atoms with E-state index in [1.807, 2.05) is 6.07 Å². The molecule has 4 heteroatoms. The summed E-state index contributed by atoms with van der Waals surface area (Å²) in [5.74, 6) is -0.443. The molecule has 0 spiro atoms. The van der Waals surface area contributed by atoms with Crippen LogP contribution in [0.2, 0.25) is 0 Å². The molecular formula is C12H15FN2O. The number of benzene rings is 1. The van der Waals surface area contributed by atoms with Crippen molar-refractivity contribution >= 4 is 5.91 Å². The van der Waals surface area contributed by atoms with E-state index < -0.39 is 0 Å². The standard InChI is InChI=1S/C12H15FN2O/c13-10-3-1-2-9-8(10)4-5-11(9)15-7-6-12(14)16/h1-3,11,15H,4-7H2,(H2,14,16). The van der Waals surface area contributed by atoms with Crippen molar-refractivity contribution in [2.75, 3.05) is 6.54 Å². The second kappa shape index (κ2) is 4.61. The maximum atomic E-state index is 13.4. The van der Waals surface area contributed by atoms with Gasteiger partial charge in [0.25, 0.3) is 0 Å². The number of hydrogen-bond donors (Lipinski definition) is 2. The highest BCUT2D eigenvalue weighted by molar-refractivity contribution is 5.73. The Balaban J connectivity index is 2.01. The van der Waals surface area contributed by atoms with Crippen LogP contribution < -0.4 is 11.1 Å². The van der Waals surface area contributed by atoms with Crippen LogP contribution in [0.3, 0.4) is 0 Å². The summed E-state index contributed by atoms with van der Waals surface area (Å²) in [6.45, 7) is 0.552. The fourth-order valence-electron chi connectivity index (χ4n) is 2.19. The molecule has 0 fully saturated rings. The van der Waals surface area contributed by atoms with Gasteiger partial charge in [-0.3, -0.25) is 4.79 Å². The van der Waals surface area contributed by atoms with Gasteiger partial charge < -0.3 is 11.1 Å². The van der Waals surface area contributed by atoms with Crippen molar-refractivity contribution in [2.24, 2.45) is 5.73 Å². The summed E-state index contributed by atoms with van der Waals surface area (Å²) in [4.78, 5) is 10.6. The van der Waals surface area contributed by atoms with Gasteiger partial charge in [-0.15, -0.1) is 0 Å². The number of nitrogens with two attached hydrogens (primary N) is 1. The molecule has 0 heterocycles. The molecule has 1 aromatic rings. The minimum absolute atomic E-state index is 0.128. The molecule has 1 aromatic carbocycles. The topological polar surface area (TPSA) is 55.1 Å². The summed E-state index contributed by atoms with van der Waals surface area (Å²) in [6.07, 6.45) is 1.96. The van der Waals surface area contributed by atoms with Gasteiger partial charge in [0, 0.05) is 19.0 Å². The van der Waals surface area contributed by atoms with Crippen molar-refractivity contribution in [3.63, 3.8) is 0 Å². The minimum Gasteiger partial charge on any atom is -0.370 e. The van der Waals surface area contributed by atoms with Gasteiger partial charge in [-0.25, -0.2) is 4.39 Å². The van der Waals surface area contributed by atoms with Gasteiger partial charge in [0.1, 0.15) is 5.82 Å². The summed E-state index contributed by atoms with van der Waals surface area (Å²) in [7, 11) is 0. The van der Waals surface area contributed by atoms with E-state index in [4.69, 9.17) is 5.73 Å². The third-order valence-corrected chi connectivity index (χ3v) is 2.98. The zero-order chi connectivity index (χ0) is 11.5. The maximum absolute atomic E-state index is 13.4. The fourth-order valence-corrected chi connectivity index (χ4v) is 2.19. The Labute approximate surface area is 93.8 Å². The van der Waals surface area contributed by atoms with Gasteiger partial charge in [0.15, 0.2) is 0 Å². The quantitative estimate of drug-likeness (QED) is 0.806. The molecule has 0 saturated heterocycles. The molecule has 0 aliphatic heterocycles. The molecule has 0 aromatic heterocycles. The molecule has 86 valence electrons. The van der Waals surface area contributed by atoms with E-state index in [0.717, 1.165) is 24.0 Å². The third kappa shape index (κ3) is 2.22. The van der Waals surface area contributed by atoms with Crippen LogP contribution in [0.15, 0.2) is 18.2 Å². The first-order valence-electron chi connectivity index (χ1n) is 5.47. The molecule has 1 unspecified atom stereocenters. The van der Waals surface area contributed by atoms with Crippen molar-refractivity contribution < 1.29 is 9.18 Å². The molecule has 0 radical (unpaired) electrons. The van der Waals surface area contributed by atoms with Crippen LogP contribution in [0, 0.1) is 5.82 Å². The summed E-state index contributed by atoms with van der Waals surface area (Å²) in [5.41, 5.74) is 6.88. The van der Waals surface area contributed by atoms with E-state index in [9.17, 15) is 9.18 Å². The molecule has 2 rings (SSSR count). The van der Waals surface area contributed by atoms with E-state index in [0.29, 0.717) is 13.0 Å². The highest BCUT2D eigenvalue weighted by Crippen LogP contribution is 2.32. The maximum Gasteiger partial charge on any atom is 0.218 e. The van der Waals surface area contributed by atoms with Crippen molar-refractivity contribution in [3.05, 3.63) is 35.1 Å². The Morgan fingerprint density at radius 2 is 2.38 bits per heavy atom. The molecule has 1 atom stereocenters. The number of nitrogens with one attached hydrogen (secondary N) is 1. The third-order valence-electron chi connectivity index (χ3n) is 2.98. The first-order chi connectivity index (χ1) is 7.68. The number of carbonyl (C=O) groups is 1. The smallest absolute Gasteiger partial charge is 0.218 e. The lowest BCUT2D eigenvalue weighted by Gasteiger charge is -2.13. The number of halogens is 1. The molecule has 16 heavy (non-hydrogen) atoms. The molecule has 1 aliphatic rings. The number of hydrogen-bond acceptors (Lipinski definition) is 2. The fraction of sp³-hybridized carbons (Fsp3) is 0.417. The van der Waals surface area contributed by atoms with Crippen LogP contribution in [-0.2, 0) is 11.2 Å². The lowest BCUT2D eigenvalue weighted by atomic mass is 10.1. The normalized spacial score (nSPS) is 18.4. The first-order valence-corrected chi connectivity index (χ1v) is 5.47. The summed E-state index contributed by atoms with van der Waals surface area (Å²) in [5, 5.41) is 3.23. The van der Waals surface area contributed by atoms with Crippen LogP contribution >= 0.6 is 0 Å². The predicted octanol–water partition coefficient (Wildman–Crippen LogP) is 1.28. The summed E-state index contributed by atoms with van der Waals surface area (Å²) in [6, 6.07) is 5.31. The van der Waals surface area contributed by atoms with Crippen LogP contribution in [0.1, 0.15) is 30.0 Å². The lowest BCUT2D eigenvalue weighted by molar-refractivity contribution is -0.117. The molecular weight excluding hydrogens is 207 g/mol. The molecule has 1 aliphatic carbocycles. The summed E-state index contributed by atoms with van der Waals surface area (Å²) < 4.78 is 13.4. The number of amides is 1. The van der Waals surface area contributed by atoms with Gasteiger partial charge in [-0.2, -0.15) is 0 Å². The van der Waals surface area contributed by atoms with Gasteiger partial charge >= 0.3 is 0 Å². The van der Waals surface area contributed by atoms with Gasteiger partial charge in [-0.1, -0.05) is 12.1 Å². The molecule has 3 nitrogen and oxygen atoms in total. The Morgan fingerprint density at radius 1 is 1.56 bits per heavy atom. The lowest BCUT2D eigenvalue weighted by Crippen LogP contribution is -2.24. The minimum atomic E-state index is -0.315. The average molecular weight is 222 g/mol. The largest absolute Gasteiger partial charge is 0.370 e. The number of primary amides is 1. The molecule has 0 saturated carbocycles. The van der Waals surface area contributed by atoms with Crippen molar-refractivity contribution in [1.29, 1.82) is 0 Å². The Kier molecular flexibility index (Phi) is 3.19. The van der Waals surface area contributed by atoms with Crippen LogP contribution in [0.4, 0.5) is 4.39 Å². The van der Waals surface area contributed by atoms with Crippen molar-refractivity contribution in [3.8, 4) is 0 Å². The first kappa shape index (κ1) is 11.1. The van der Waals surface area contributed by atoms with E-state index in [1.54, 1.807) is 6.07 Å². The van der Waals surface area contributed by atoms with Crippen molar-refractivity contribution in [1.82, 2.24) is 5.32 Å². The van der Waals surface area contributed by atoms with Gasteiger partial charge in [0.2, 0.25) is 5.91 Å². The highest BCUT2D eigenvalue weighted by atomic mass is 19.1. The molecule has 1 amide bonds. The van der Waals surface area contributed by atoms with Crippen LogP contribution in [0.25, 0.3) is 0 Å². The monoisotopic (exact) mass is 222 g/mol. The Bertz CT molecular complexity index is 406. The van der Waals surface area contributed by atoms with Gasteiger partial charge in [-0.05, 0) is 30.0 Å². The second-order valence-electron chi connectivity index (χ2n) is 4.07. The molecule has 0 bridgehead atoms. The number of fused-ring (bicyclic) bond motifs is 1. The summed E-state index contributed by atoms with van der Waals surface area (Å²) >= 11 is 0. The average Bonchev–Trinajstić information content (AvgIpc) is 2.63. The Morgan fingerprint density at radius 3 is 3.12 bits per heavy atom. The zero-order valence-electron chi connectivity index (χ0n) is 9.00. The van der Waals surface area contributed by atoms with Crippen molar-refractivity contribution in [2.45, 2.75) is 25.3 Å². The molecule has 3 N–H and O–H groups in total. The SMILES string of the molecule is NC(=O)CCNC1CCc2c(F)cccc21. The highest BCUT2D eigenvalue weighted by Gasteiger charge is 2.23. The second-order valence-corrected chi connectivity index (χ2v) is 4.07. The predicted molar refractivity (Wildman–Crippen MR) is 59.3 cm³/mol. The van der Waals surface area contributed by atoms with E-state index in [2.05, 4.69) is 5.32 Å². The zero-order valence-corrected chi connectivity index (χ0v) is 9.00. The van der Waals surface area contributed by atoms with E-state index in [-0.39, 0.29) is 17.8 Å². The van der Waals surface area contributed by atoms with Gasteiger partial charge in [0.05, 0.1) is 0 Å². The van der Waals surface area contributed by atoms with Crippen LogP contribution in [-0.4, -0.2) is 12.5 Å². The Hall–Kier alpha value is -1.42.